The number of hydrogen-bond acceptors (Lipinski definition) is 8. The Labute approximate surface area is 147 Å². The molecule has 1 heterocycles. The van der Waals surface area contributed by atoms with Crippen LogP contribution in [0, 0.1) is 24.0 Å². The highest BCUT2D eigenvalue weighted by atomic mass is 32.2. The van der Waals surface area contributed by atoms with Gasteiger partial charge in [-0.2, -0.15) is 0 Å². The van der Waals surface area contributed by atoms with Crippen molar-refractivity contribution in [3.63, 3.8) is 0 Å². The molecule has 8 nitrogen and oxygen atoms in total. The predicted molar refractivity (Wildman–Crippen MR) is 96.0 cm³/mol. The summed E-state index contributed by atoms with van der Waals surface area (Å²) in [5.41, 5.74) is 1.70. The first-order valence-electron chi connectivity index (χ1n) is 7.17. The van der Waals surface area contributed by atoms with Gasteiger partial charge in [0.15, 0.2) is 4.34 Å². The van der Waals surface area contributed by atoms with Gasteiger partial charge in [-0.05, 0) is 31.9 Å². The van der Waals surface area contributed by atoms with Gasteiger partial charge in [0.05, 0.1) is 10.7 Å². The first kappa shape index (κ1) is 18.1. The van der Waals surface area contributed by atoms with E-state index in [2.05, 4.69) is 20.8 Å². The molecule has 0 saturated heterocycles. The minimum absolute atomic E-state index is 0.102. The lowest BCUT2D eigenvalue weighted by Crippen LogP contribution is -2.16. The van der Waals surface area contributed by atoms with Crippen LogP contribution in [-0.2, 0) is 4.79 Å². The summed E-state index contributed by atoms with van der Waals surface area (Å²) in [4.78, 5) is 22.8. The number of aryl methyl sites for hydroxylation is 1. The third-order valence-electron chi connectivity index (χ3n) is 3.24. The lowest BCUT2D eigenvalue weighted by atomic mass is 10.1. The Morgan fingerprint density at radius 1 is 1.38 bits per heavy atom. The van der Waals surface area contributed by atoms with Crippen molar-refractivity contribution in [2.45, 2.75) is 25.1 Å². The number of rotatable bonds is 7. The number of aromatic nitrogens is 2. The Bertz CT molecular complexity index is 763. The van der Waals surface area contributed by atoms with Crippen LogP contribution in [0.25, 0.3) is 0 Å². The summed E-state index contributed by atoms with van der Waals surface area (Å²) in [6.07, 6.45) is 0. The Hall–Kier alpha value is -2.20. The largest absolute Gasteiger partial charge is 0.360 e. The van der Waals surface area contributed by atoms with Crippen LogP contribution in [0.1, 0.15) is 18.1 Å². The third kappa shape index (κ3) is 4.42. The van der Waals surface area contributed by atoms with Gasteiger partial charge < -0.3 is 10.6 Å². The van der Waals surface area contributed by atoms with E-state index in [0.29, 0.717) is 15.0 Å². The number of nitrogens with zero attached hydrogens (tertiary/aromatic N) is 3. The fourth-order valence-corrected chi connectivity index (χ4v) is 3.52. The molecule has 0 aliphatic heterocycles. The number of nitro groups is 1. The maximum atomic E-state index is 12.1. The molecule has 2 N–H and O–H groups in total. The molecule has 0 bridgehead atoms. The molecule has 0 radical (unpaired) electrons. The first-order valence-corrected chi connectivity index (χ1v) is 8.97. The number of amides is 1. The van der Waals surface area contributed by atoms with Crippen LogP contribution in [-0.4, -0.2) is 33.3 Å². The summed E-state index contributed by atoms with van der Waals surface area (Å²) in [7, 11) is 0. The molecule has 2 aromatic rings. The van der Waals surface area contributed by atoms with Crippen LogP contribution in [0.3, 0.4) is 0 Å². The lowest BCUT2D eigenvalue weighted by Gasteiger charge is -2.10. The van der Waals surface area contributed by atoms with Crippen LogP contribution in [0.5, 0.6) is 0 Å². The van der Waals surface area contributed by atoms with Gasteiger partial charge in [-0.15, -0.1) is 10.2 Å². The molecule has 0 spiro atoms. The molecule has 24 heavy (non-hydrogen) atoms. The van der Waals surface area contributed by atoms with Gasteiger partial charge >= 0.3 is 0 Å². The van der Waals surface area contributed by atoms with Crippen molar-refractivity contribution in [3.8, 4) is 0 Å². The number of hydrogen-bond donors (Lipinski definition) is 2. The first-order chi connectivity index (χ1) is 11.4. The molecule has 1 aromatic carbocycles. The van der Waals surface area contributed by atoms with Crippen LogP contribution in [0.2, 0.25) is 0 Å². The van der Waals surface area contributed by atoms with Gasteiger partial charge in [0.2, 0.25) is 11.0 Å². The van der Waals surface area contributed by atoms with Gasteiger partial charge in [-0.1, -0.05) is 29.2 Å². The molecule has 0 fully saturated rings. The molecule has 2 rings (SSSR count). The minimum atomic E-state index is -0.497. The zero-order valence-corrected chi connectivity index (χ0v) is 15.1. The number of carbonyl (C=O) groups excluding carboxylic acids is 1. The van der Waals surface area contributed by atoms with Crippen molar-refractivity contribution >= 4 is 45.5 Å². The standard InChI is InChI=1S/C14H17N5O3S2/c1-4-15-13-17-18-14(24-13)23-7-11(20)16-12-9(3)8(2)5-6-10(12)19(21)22/h5-6H,4,7H2,1-3H3,(H,15,17)(H,16,20). The van der Waals surface area contributed by atoms with Crippen molar-refractivity contribution in [1.29, 1.82) is 0 Å². The van der Waals surface area contributed by atoms with Gasteiger partial charge in [0.25, 0.3) is 5.69 Å². The molecule has 0 aliphatic rings. The molecule has 128 valence electrons. The van der Waals surface area contributed by atoms with E-state index in [9.17, 15) is 14.9 Å². The molecule has 1 aromatic heterocycles. The van der Waals surface area contributed by atoms with Crippen LogP contribution >= 0.6 is 23.1 Å². The van der Waals surface area contributed by atoms with E-state index < -0.39 is 4.92 Å². The highest BCUT2D eigenvalue weighted by molar-refractivity contribution is 8.01. The summed E-state index contributed by atoms with van der Waals surface area (Å²) in [5, 5.41) is 25.4. The molecule has 10 heteroatoms. The fourth-order valence-electron chi connectivity index (χ4n) is 1.91. The zero-order chi connectivity index (χ0) is 17.7. The summed E-state index contributed by atoms with van der Waals surface area (Å²) in [5.74, 6) is -0.220. The Morgan fingerprint density at radius 3 is 2.79 bits per heavy atom. The zero-order valence-electron chi connectivity index (χ0n) is 13.5. The van der Waals surface area contributed by atoms with Crippen molar-refractivity contribution in [2.75, 3.05) is 22.9 Å². The van der Waals surface area contributed by atoms with Crippen molar-refractivity contribution in [3.05, 3.63) is 33.4 Å². The molecular formula is C14H17N5O3S2. The smallest absolute Gasteiger partial charge is 0.293 e. The quantitative estimate of drug-likeness (QED) is 0.439. The molecule has 0 atom stereocenters. The van der Waals surface area contributed by atoms with E-state index in [1.807, 2.05) is 13.8 Å². The number of nitro benzene ring substituents is 1. The van der Waals surface area contributed by atoms with E-state index in [1.165, 1.54) is 29.2 Å². The average molecular weight is 367 g/mol. The van der Waals surface area contributed by atoms with E-state index >= 15 is 0 Å². The minimum Gasteiger partial charge on any atom is -0.360 e. The third-order valence-corrected chi connectivity index (χ3v) is 5.25. The second kappa shape index (κ2) is 8.06. The number of thioether (sulfide) groups is 1. The molecule has 0 saturated carbocycles. The Morgan fingerprint density at radius 2 is 2.12 bits per heavy atom. The summed E-state index contributed by atoms with van der Waals surface area (Å²) >= 11 is 2.60. The fraction of sp³-hybridized carbons (Fsp3) is 0.357. The monoisotopic (exact) mass is 367 g/mol. The van der Waals surface area contributed by atoms with E-state index in [1.54, 1.807) is 13.0 Å². The van der Waals surface area contributed by atoms with Gasteiger partial charge in [0.1, 0.15) is 5.69 Å². The van der Waals surface area contributed by atoms with Crippen molar-refractivity contribution in [2.24, 2.45) is 0 Å². The van der Waals surface area contributed by atoms with Gasteiger partial charge in [0, 0.05) is 12.6 Å². The number of benzene rings is 1. The van der Waals surface area contributed by atoms with E-state index in [0.717, 1.165) is 12.1 Å². The average Bonchev–Trinajstić information content (AvgIpc) is 2.98. The van der Waals surface area contributed by atoms with Crippen LogP contribution in [0.4, 0.5) is 16.5 Å². The normalized spacial score (nSPS) is 10.5. The van der Waals surface area contributed by atoms with Gasteiger partial charge in [-0.3, -0.25) is 14.9 Å². The van der Waals surface area contributed by atoms with E-state index in [4.69, 9.17) is 0 Å². The predicted octanol–water partition coefficient (Wildman–Crippen LogP) is 3.23. The Balaban J connectivity index is 2.04. The van der Waals surface area contributed by atoms with E-state index in [-0.39, 0.29) is 23.0 Å². The number of nitrogens with one attached hydrogen (secondary N) is 2. The summed E-state index contributed by atoms with van der Waals surface area (Å²) < 4.78 is 0.663. The highest BCUT2D eigenvalue weighted by Crippen LogP contribution is 2.31. The SMILES string of the molecule is CCNc1nnc(SCC(=O)Nc2c([N+](=O)[O-])ccc(C)c2C)s1. The topological polar surface area (TPSA) is 110 Å². The lowest BCUT2D eigenvalue weighted by molar-refractivity contribution is -0.384. The molecule has 1 amide bonds. The number of anilines is 2. The second-order valence-corrected chi connectivity index (χ2v) is 7.10. The molecule has 0 unspecified atom stereocenters. The second-order valence-electron chi connectivity index (χ2n) is 4.90. The maximum Gasteiger partial charge on any atom is 0.293 e. The summed E-state index contributed by atoms with van der Waals surface area (Å²) in [6.45, 7) is 6.29. The van der Waals surface area contributed by atoms with Crippen LogP contribution < -0.4 is 10.6 Å². The Kier molecular flexibility index (Phi) is 6.10. The molecular weight excluding hydrogens is 350 g/mol. The van der Waals surface area contributed by atoms with Crippen molar-refractivity contribution < 1.29 is 9.72 Å². The summed E-state index contributed by atoms with van der Waals surface area (Å²) in [6, 6.07) is 3.07. The molecule has 0 aliphatic carbocycles. The van der Waals surface area contributed by atoms with Crippen LogP contribution in [0.15, 0.2) is 16.5 Å². The highest BCUT2D eigenvalue weighted by Gasteiger charge is 2.19. The van der Waals surface area contributed by atoms with Gasteiger partial charge in [-0.25, -0.2) is 0 Å². The van der Waals surface area contributed by atoms with Crippen molar-refractivity contribution in [1.82, 2.24) is 10.2 Å². The number of carbonyl (C=O) groups is 1. The maximum absolute atomic E-state index is 12.1.